The highest BCUT2D eigenvalue weighted by atomic mass is 35.5. The van der Waals surface area contributed by atoms with Crippen LogP contribution in [0.3, 0.4) is 0 Å². The normalized spacial score (nSPS) is 27.5. The molecule has 0 atom stereocenters. The van der Waals surface area contributed by atoms with Crippen molar-refractivity contribution in [1.82, 2.24) is 0 Å². The Kier molecular flexibility index (Phi) is 2.87. The first-order chi connectivity index (χ1) is 10.5. The zero-order valence-electron chi connectivity index (χ0n) is 12.5. The van der Waals surface area contributed by atoms with Crippen LogP contribution in [0.4, 0.5) is 0 Å². The van der Waals surface area contributed by atoms with Gasteiger partial charge in [-0.3, -0.25) is 0 Å². The molecular formula is C20H18ClN. The monoisotopic (exact) mass is 307 g/mol. The number of hydrogen-bond acceptors (Lipinski definition) is 1. The van der Waals surface area contributed by atoms with E-state index in [-0.39, 0.29) is 11.5 Å². The summed E-state index contributed by atoms with van der Waals surface area (Å²) >= 11 is 7.26. The van der Waals surface area contributed by atoms with Gasteiger partial charge in [-0.25, -0.2) is 0 Å². The van der Waals surface area contributed by atoms with Gasteiger partial charge < -0.3 is 5.73 Å². The molecule has 0 unspecified atom stereocenters. The second-order valence-corrected chi connectivity index (χ2v) is 7.01. The van der Waals surface area contributed by atoms with Crippen LogP contribution in [0.2, 0.25) is 0 Å². The molecule has 0 heterocycles. The van der Waals surface area contributed by atoms with Crippen LogP contribution in [0.25, 0.3) is 11.1 Å². The number of halogens is 1. The number of nitrogens with two attached hydrogens (primary N) is 1. The molecular weight excluding hydrogens is 290 g/mol. The first-order valence-electron chi connectivity index (χ1n) is 7.58. The fraction of sp³-hybridized carbons (Fsp3) is 0.200. The summed E-state index contributed by atoms with van der Waals surface area (Å²) in [6, 6.07) is 16.9. The molecule has 0 spiro atoms. The molecule has 2 aromatic rings. The van der Waals surface area contributed by atoms with Crippen molar-refractivity contribution in [2.75, 3.05) is 0 Å². The van der Waals surface area contributed by atoms with Gasteiger partial charge >= 0.3 is 0 Å². The fourth-order valence-electron chi connectivity index (χ4n) is 3.58. The van der Waals surface area contributed by atoms with Crippen molar-refractivity contribution in [1.29, 1.82) is 0 Å². The summed E-state index contributed by atoms with van der Waals surface area (Å²) in [6.07, 6.45) is 8.38. The number of fused-ring (bicyclic) bond motifs is 3. The second-order valence-electron chi connectivity index (χ2n) is 6.41. The lowest BCUT2D eigenvalue weighted by Crippen LogP contribution is -2.36. The van der Waals surface area contributed by atoms with E-state index in [1.54, 1.807) is 0 Å². The van der Waals surface area contributed by atoms with E-state index in [2.05, 4.69) is 60.7 Å². The van der Waals surface area contributed by atoms with Crippen molar-refractivity contribution in [2.24, 2.45) is 11.7 Å². The number of alkyl halides is 1. The third-order valence-corrected chi connectivity index (χ3v) is 5.37. The zero-order chi connectivity index (χ0) is 15.4. The average Bonchev–Trinajstić information content (AvgIpc) is 2.79. The summed E-state index contributed by atoms with van der Waals surface area (Å²) in [7, 11) is 0. The molecule has 2 aliphatic carbocycles. The molecule has 4 rings (SSSR count). The van der Waals surface area contributed by atoms with Crippen LogP contribution >= 0.6 is 11.6 Å². The molecule has 0 aromatic heterocycles. The summed E-state index contributed by atoms with van der Waals surface area (Å²) < 4.78 is 0. The lowest BCUT2D eigenvalue weighted by atomic mass is 9.78. The smallest absolute Gasteiger partial charge is 0.105 e. The molecule has 0 saturated carbocycles. The highest BCUT2D eigenvalue weighted by Crippen LogP contribution is 2.56. The van der Waals surface area contributed by atoms with E-state index in [4.69, 9.17) is 17.3 Å². The first kappa shape index (κ1) is 13.8. The van der Waals surface area contributed by atoms with Crippen molar-refractivity contribution >= 4 is 11.6 Å². The molecule has 2 aliphatic rings. The lowest BCUT2D eigenvalue weighted by molar-refractivity contribution is 0.592. The molecule has 0 amide bonds. The molecule has 0 radical (unpaired) electrons. The first-order valence-corrected chi connectivity index (χ1v) is 7.96. The molecule has 0 bridgehead atoms. The van der Waals surface area contributed by atoms with Crippen LogP contribution in [0, 0.1) is 5.92 Å². The topological polar surface area (TPSA) is 26.0 Å². The summed E-state index contributed by atoms with van der Waals surface area (Å²) in [5, 5.41) is 0. The van der Waals surface area contributed by atoms with Gasteiger partial charge in [0, 0.05) is 11.5 Å². The van der Waals surface area contributed by atoms with Gasteiger partial charge in [-0.05, 0) is 29.2 Å². The fourth-order valence-corrected chi connectivity index (χ4v) is 4.06. The minimum absolute atomic E-state index is 0.0931. The molecule has 22 heavy (non-hydrogen) atoms. The van der Waals surface area contributed by atoms with Crippen LogP contribution in [-0.4, -0.2) is 5.54 Å². The van der Waals surface area contributed by atoms with Crippen LogP contribution in [0.15, 0.2) is 72.8 Å². The van der Waals surface area contributed by atoms with Crippen LogP contribution in [-0.2, 0) is 4.87 Å². The quantitative estimate of drug-likeness (QED) is 0.604. The molecule has 1 nitrogen and oxygen atoms in total. The van der Waals surface area contributed by atoms with E-state index in [1.165, 1.54) is 22.3 Å². The van der Waals surface area contributed by atoms with Gasteiger partial charge in [-0.1, -0.05) is 72.8 Å². The highest BCUT2D eigenvalue weighted by Gasteiger charge is 2.46. The Bertz CT molecular complexity index is 739. The third-order valence-electron chi connectivity index (χ3n) is 4.71. The standard InChI is InChI=1S/C20H18ClN/c1-19(22)12-10-14(11-13-19)20(21)17-8-4-2-6-15(17)16-7-3-5-9-18(16)20/h2-14H,22H2,1H3. The van der Waals surface area contributed by atoms with Crippen LogP contribution in [0.1, 0.15) is 18.1 Å². The van der Waals surface area contributed by atoms with E-state index in [9.17, 15) is 0 Å². The zero-order valence-corrected chi connectivity index (χ0v) is 13.2. The molecule has 2 aromatic carbocycles. The van der Waals surface area contributed by atoms with Gasteiger partial charge in [-0.15, -0.1) is 11.6 Å². The number of hydrogen-bond donors (Lipinski definition) is 1. The van der Waals surface area contributed by atoms with Gasteiger partial charge in [0.25, 0.3) is 0 Å². The minimum atomic E-state index is -0.559. The Morgan fingerprint density at radius 1 is 0.864 bits per heavy atom. The van der Waals surface area contributed by atoms with Gasteiger partial charge in [0.1, 0.15) is 4.87 Å². The van der Waals surface area contributed by atoms with Gasteiger partial charge in [0.2, 0.25) is 0 Å². The summed E-state index contributed by atoms with van der Waals surface area (Å²) in [5.41, 5.74) is 10.6. The minimum Gasteiger partial charge on any atom is -0.319 e. The molecule has 0 aliphatic heterocycles. The number of allylic oxidation sites excluding steroid dienone is 2. The van der Waals surface area contributed by atoms with Crippen LogP contribution < -0.4 is 5.73 Å². The number of rotatable bonds is 1. The Morgan fingerprint density at radius 3 is 1.82 bits per heavy atom. The van der Waals surface area contributed by atoms with E-state index in [0.717, 1.165) is 0 Å². The largest absolute Gasteiger partial charge is 0.319 e. The molecule has 110 valence electrons. The van der Waals surface area contributed by atoms with E-state index in [0.29, 0.717) is 0 Å². The van der Waals surface area contributed by atoms with E-state index in [1.807, 2.05) is 19.1 Å². The van der Waals surface area contributed by atoms with Crippen molar-refractivity contribution in [3.05, 3.63) is 84.0 Å². The van der Waals surface area contributed by atoms with E-state index < -0.39 is 4.87 Å². The Balaban J connectivity index is 1.93. The van der Waals surface area contributed by atoms with Gasteiger partial charge in [0.05, 0.1) is 0 Å². The molecule has 2 N–H and O–H groups in total. The summed E-state index contributed by atoms with van der Waals surface area (Å²) in [4.78, 5) is -0.559. The Morgan fingerprint density at radius 2 is 1.32 bits per heavy atom. The highest BCUT2D eigenvalue weighted by molar-refractivity contribution is 6.28. The maximum absolute atomic E-state index is 7.26. The van der Waals surface area contributed by atoms with Crippen molar-refractivity contribution in [3.63, 3.8) is 0 Å². The van der Waals surface area contributed by atoms with E-state index >= 15 is 0 Å². The summed E-state index contributed by atoms with van der Waals surface area (Å²) in [5.74, 6) is 0.0931. The van der Waals surface area contributed by atoms with Gasteiger partial charge in [0.15, 0.2) is 0 Å². The predicted octanol–water partition coefficient (Wildman–Crippen LogP) is 4.61. The average molecular weight is 308 g/mol. The number of benzene rings is 2. The molecule has 2 heteroatoms. The maximum Gasteiger partial charge on any atom is 0.105 e. The maximum atomic E-state index is 7.26. The predicted molar refractivity (Wildman–Crippen MR) is 92.9 cm³/mol. The Labute approximate surface area is 136 Å². The second kappa shape index (κ2) is 4.58. The van der Waals surface area contributed by atoms with Crippen molar-refractivity contribution < 1.29 is 0 Å². The molecule has 0 fully saturated rings. The Hall–Kier alpha value is -1.83. The van der Waals surface area contributed by atoms with Crippen molar-refractivity contribution in [3.8, 4) is 11.1 Å². The summed E-state index contributed by atoms with van der Waals surface area (Å²) in [6.45, 7) is 1.99. The third kappa shape index (κ3) is 1.83. The van der Waals surface area contributed by atoms with Gasteiger partial charge in [-0.2, -0.15) is 0 Å². The molecule has 0 saturated heterocycles. The van der Waals surface area contributed by atoms with Crippen molar-refractivity contribution in [2.45, 2.75) is 17.3 Å². The lowest BCUT2D eigenvalue weighted by Gasteiger charge is -2.33. The SMILES string of the molecule is CC1(N)C=CC(C2(Cl)c3ccccc3-c3ccccc32)C=C1. The van der Waals surface area contributed by atoms with Crippen LogP contribution in [0.5, 0.6) is 0 Å².